The van der Waals surface area contributed by atoms with Crippen LogP contribution in [0, 0.1) is 5.82 Å². The molecule has 0 aromatic heterocycles. The van der Waals surface area contributed by atoms with E-state index in [0.29, 0.717) is 16.6 Å². The van der Waals surface area contributed by atoms with Crippen LogP contribution in [0.25, 0.3) is 0 Å². The first-order chi connectivity index (χ1) is 9.65. The van der Waals surface area contributed by atoms with E-state index in [2.05, 4.69) is 31.4 Å². The normalized spacial score (nSPS) is 16.5. The SMILES string of the molecule is O=C(CN1CCSCC1)N/N=C\c1ccc(F)c(Br)c1. The molecule has 0 atom stereocenters. The largest absolute Gasteiger partial charge is 0.293 e. The summed E-state index contributed by atoms with van der Waals surface area (Å²) in [5.74, 6) is 1.68. The molecule has 1 aliphatic rings. The molecule has 1 fully saturated rings. The van der Waals surface area contributed by atoms with Gasteiger partial charge in [-0.3, -0.25) is 9.69 Å². The lowest BCUT2D eigenvalue weighted by Gasteiger charge is -2.24. The fraction of sp³-hybridized carbons (Fsp3) is 0.385. The molecule has 4 nitrogen and oxygen atoms in total. The zero-order valence-corrected chi connectivity index (χ0v) is 13.2. The Balaban J connectivity index is 1.79. The van der Waals surface area contributed by atoms with Gasteiger partial charge in [-0.05, 0) is 33.6 Å². The highest BCUT2D eigenvalue weighted by Gasteiger charge is 2.13. The number of carbonyl (C=O) groups excluding carboxylic acids is 1. The Morgan fingerprint density at radius 1 is 1.50 bits per heavy atom. The van der Waals surface area contributed by atoms with Crippen molar-refractivity contribution < 1.29 is 9.18 Å². The molecule has 1 N–H and O–H groups in total. The van der Waals surface area contributed by atoms with Gasteiger partial charge >= 0.3 is 0 Å². The summed E-state index contributed by atoms with van der Waals surface area (Å²) in [5, 5.41) is 3.88. The number of rotatable bonds is 4. The second-order valence-corrected chi connectivity index (χ2v) is 6.43. The van der Waals surface area contributed by atoms with E-state index in [4.69, 9.17) is 0 Å². The van der Waals surface area contributed by atoms with E-state index < -0.39 is 0 Å². The molecule has 1 aliphatic heterocycles. The van der Waals surface area contributed by atoms with Crippen molar-refractivity contribution in [3.8, 4) is 0 Å². The molecular weight excluding hydrogens is 345 g/mol. The van der Waals surface area contributed by atoms with E-state index in [1.165, 1.54) is 12.3 Å². The average Bonchev–Trinajstić information content (AvgIpc) is 2.44. The maximum absolute atomic E-state index is 13.0. The van der Waals surface area contributed by atoms with Crippen molar-refractivity contribution in [2.24, 2.45) is 5.10 Å². The van der Waals surface area contributed by atoms with Crippen LogP contribution in [0.4, 0.5) is 4.39 Å². The standard InChI is InChI=1S/C13H15BrFN3OS/c14-11-7-10(1-2-12(11)15)8-16-17-13(19)9-18-3-5-20-6-4-18/h1-2,7-8H,3-6,9H2,(H,17,19)/b16-8-. The topological polar surface area (TPSA) is 44.7 Å². The van der Waals surface area contributed by atoms with Crippen molar-refractivity contribution in [3.63, 3.8) is 0 Å². The molecule has 1 amide bonds. The molecule has 2 rings (SSSR count). The maximum Gasteiger partial charge on any atom is 0.254 e. The van der Waals surface area contributed by atoms with Gasteiger partial charge < -0.3 is 0 Å². The van der Waals surface area contributed by atoms with Gasteiger partial charge in [0.1, 0.15) is 5.82 Å². The van der Waals surface area contributed by atoms with Crippen LogP contribution < -0.4 is 5.43 Å². The van der Waals surface area contributed by atoms with E-state index in [0.717, 1.165) is 24.6 Å². The number of nitrogens with zero attached hydrogens (tertiary/aromatic N) is 2. The van der Waals surface area contributed by atoms with E-state index >= 15 is 0 Å². The summed E-state index contributed by atoms with van der Waals surface area (Å²) in [5.41, 5.74) is 3.20. The molecule has 1 aromatic rings. The Hall–Kier alpha value is -0.920. The molecule has 0 bridgehead atoms. The number of thioether (sulfide) groups is 1. The summed E-state index contributed by atoms with van der Waals surface area (Å²) < 4.78 is 13.4. The number of benzene rings is 1. The Morgan fingerprint density at radius 2 is 2.25 bits per heavy atom. The third-order valence-electron chi connectivity index (χ3n) is 2.82. The molecule has 0 saturated carbocycles. The van der Waals surface area contributed by atoms with Gasteiger partial charge in [-0.25, -0.2) is 9.82 Å². The van der Waals surface area contributed by atoms with Gasteiger partial charge in [0, 0.05) is 24.6 Å². The van der Waals surface area contributed by atoms with Gasteiger partial charge in [0.15, 0.2) is 0 Å². The first kappa shape index (κ1) is 15.5. The quantitative estimate of drug-likeness (QED) is 0.661. The van der Waals surface area contributed by atoms with Crippen molar-refractivity contribution in [3.05, 3.63) is 34.1 Å². The molecule has 108 valence electrons. The predicted octanol–water partition coefficient (Wildman–Crippen LogP) is 2.09. The molecule has 0 spiro atoms. The third kappa shape index (κ3) is 4.88. The minimum atomic E-state index is -0.325. The number of carbonyl (C=O) groups is 1. The van der Waals surface area contributed by atoms with Gasteiger partial charge in [0.2, 0.25) is 0 Å². The third-order valence-corrected chi connectivity index (χ3v) is 4.37. The number of halogens is 2. The van der Waals surface area contributed by atoms with Crippen molar-refractivity contribution in [2.45, 2.75) is 0 Å². The molecule has 7 heteroatoms. The molecular formula is C13H15BrFN3OS. The smallest absolute Gasteiger partial charge is 0.254 e. The first-order valence-electron chi connectivity index (χ1n) is 6.22. The van der Waals surface area contributed by atoms with Crippen LogP contribution in [0.1, 0.15) is 5.56 Å². The average molecular weight is 360 g/mol. The first-order valence-corrected chi connectivity index (χ1v) is 8.17. The van der Waals surface area contributed by atoms with Crippen LogP contribution in [0.5, 0.6) is 0 Å². The van der Waals surface area contributed by atoms with Gasteiger partial charge in [-0.1, -0.05) is 6.07 Å². The lowest BCUT2D eigenvalue weighted by Crippen LogP contribution is -2.40. The summed E-state index contributed by atoms with van der Waals surface area (Å²) in [6.45, 7) is 2.24. The summed E-state index contributed by atoms with van der Waals surface area (Å²) in [6, 6.07) is 4.54. The minimum absolute atomic E-state index is 0.130. The number of hydrogen-bond acceptors (Lipinski definition) is 4. The zero-order valence-electron chi connectivity index (χ0n) is 10.8. The van der Waals surface area contributed by atoms with E-state index in [9.17, 15) is 9.18 Å². The Labute approximate surface area is 129 Å². The molecule has 1 heterocycles. The van der Waals surface area contributed by atoms with E-state index in [-0.39, 0.29) is 11.7 Å². The summed E-state index contributed by atoms with van der Waals surface area (Å²) >= 11 is 5.01. The Kier molecular flexibility index (Phi) is 6.00. The maximum atomic E-state index is 13.0. The number of hydrogen-bond donors (Lipinski definition) is 1. The van der Waals surface area contributed by atoms with Gasteiger partial charge in [0.25, 0.3) is 5.91 Å². The van der Waals surface area contributed by atoms with Crippen LogP contribution in [0.15, 0.2) is 27.8 Å². The molecule has 1 saturated heterocycles. The summed E-state index contributed by atoms with van der Waals surface area (Å²) in [7, 11) is 0. The molecule has 0 radical (unpaired) electrons. The van der Waals surface area contributed by atoms with E-state index in [1.54, 1.807) is 12.1 Å². The van der Waals surface area contributed by atoms with Crippen molar-refractivity contribution in [1.82, 2.24) is 10.3 Å². The Bertz CT molecular complexity index is 506. The lowest BCUT2D eigenvalue weighted by atomic mass is 10.2. The fourth-order valence-electron chi connectivity index (χ4n) is 1.77. The highest BCUT2D eigenvalue weighted by molar-refractivity contribution is 9.10. The van der Waals surface area contributed by atoms with Crippen LogP contribution in [0.3, 0.4) is 0 Å². The van der Waals surface area contributed by atoms with Crippen LogP contribution in [-0.2, 0) is 4.79 Å². The van der Waals surface area contributed by atoms with Crippen LogP contribution in [0.2, 0.25) is 0 Å². The fourth-order valence-corrected chi connectivity index (χ4v) is 3.14. The molecule has 0 aliphatic carbocycles. The number of nitrogens with one attached hydrogen (secondary N) is 1. The van der Waals surface area contributed by atoms with Gasteiger partial charge in [-0.15, -0.1) is 0 Å². The van der Waals surface area contributed by atoms with Crippen LogP contribution >= 0.6 is 27.7 Å². The number of hydrazone groups is 1. The van der Waals surface area contributed by atoms with Crippen molar-refractivity contribution in [2.75, 3.05) is 31.1 Å². The van der Waals surface area contributed by atoms with E-state index in [1.807, 2.05) is 11.8 Å². The van der Waals surface area contributed by atoms with Crippen molar-refractivity contribution >= 4 is 39.8 Å². The monoisotopic (exact) mass is 359 g/mol. The Morgan fingerprint density at radius 3 is 2.95 bits per heavy atom. The highest BCUT2D eigenvalue weighted by Crippen LogP contribution is 2.15. The second-order valence-electron chi connectivity index (χ2n) is 4.36. The molecule has 0 unspecified atom stereocenters. The van der Waals surface area contributed by atoms with Gasteiger partial charge in [0.05, 0.1) is 17.2 Å². The molecule has 20 heavy (non-hydrogen) atoms. The predicted molar refractivity (Wildman–Crippen MR) is 83.6 cm³/mol. The highest BCUT2D eigenvalue weighted by atomic mass is 79.9. The van der Waals surface area contributed by atoms with Gasteiger partial charge in [-0.2, -0.15) is 16.9 Å². The lowest BCUT2D eigenvalue weighted by molar-refractivity contribution is -0.122. The van der Waals surface area contributed by atoms with Crippen molar-refractivity contribution in [1.29, 1.82) is 0 Å². The summed E-state index contributed by atoms with van der Waals surface area (Å²) in [4.78, 5) is 13.8. The second kappa shape index (κ2) is 7.75. The number of amides is 1. The zero-order chi connectivity index (χ0) is 14.4. The van der Waals surface area contributed by atoms with Crippen LogP contribution in [-0.4, -0.2) is 48.2 Å². The molecule has 1 aromatic carbocycles. The summed E-state index contributed by atoms with van der Waals surface area (Å²) in [6.07, 6.45) is 1.49. The minimum Gasteiger partial charge on any atom is -0.293 e.